The number of hydrogen-bond acceptors (Lipinski definition) is 7. The first-order valence-electron chi connectivity index (χ1n) is 11.7. The van der Waals surface area contributed by atoms with E-state index in [9.17, 15) is 14.9 Å². The lowest BCUT2D eigenvalue weighted by Crippen LogP contribution is -2.48. The lowest BCUT2D eigenvalue weighted by molar-refractivity contribution is -0.384. The molecule has 1 N–H and O–H groups in total. The molecule has 1 unspecified atom stereocenters. The van der Waals surface area contributed by atoms with Gasteiger partial charge in [-0.05, 0) is 61.9 Å². The Labute approximate surface area is 203 Å². The fraction of sp³-hybridized carbons (Fsp3) is 0.385. The van der Waals surface area contributed by atoms with Gasteiger partial charge >= 0.3 is 5.91 Å². The van der Waals surface area contributed by atoms with E-state index in [-0.39, 0.29) is 28.3 Å². The minimum absolute atomic E-state index is 0.0209. The first-order valence-corrected chi connectivity index (χ1v) is 11.7. The summed E-state index contributed by atoms with van der Waals surface area (Å²) in [5.74, 6) is 0.00247. The molecule has 1 atom stereocenters. The first kappa shape index (κ1) is 24.3. The van der Waals surface area contributed by atoms with Gasteiger partial charge < -0.3 is 14.1 Å². The third-order valence-electron chi connectivity index (χ3n) is 6.46. The molecule has 9 nitrogen and oxygen atoms in total. The highest BCUT2D eigenvalue weighted by Gasteiger charge is 2.35. The number of nitrogens with zero attached hydrogens (tertiary/aromatic N) is 3. The highest BCUT2D eigenvalue weighted by Crippen LogP contribution is 2.43. The first-order chi connectivity index (χ1) is 16.6. The van der Waals surface area contributed by atoms with Crippen molar-refractivity contribution in [1.29, 1.82) is 0 Å². The Morgan fingerprint density at radius 1 is 1.34 bits per heavy atom. The fourth-order valence-corrected chi connectivity index (χ4v) is 4.93. The van der Waals surface area contributed by atoms with Crippen LogP contribution in [0.15, 0.2) is 45.9 Å². The molecule has 0 fully saturated rings. The molecule has 1 aromatic heterocycles. The van der Waals surface area contributed by atoms with Crippen molar-refractivity contribution in [2.24, 2.45) is 5.10 Å². The van der Waals surface area contributed by atoms with Crippen LogP contribution in [0.5, 0.6) is 5.75 Å². The van der Waals surface area contributed by atoms with E-state index in [2.05, 4.69) is 55.3 Å². The Hall–Kier alpha value is -3.88. The van der Waals surface area contributed by atoms with Crippen LogP contribution < -0.4 is 15.1 Å². The number of non-ortho nitro benzene ring substituents is 1. The van der Waals surface area contributed by atoms with Crippen molar-refractivity contribution in [3.8, 4) is 5.75 Å². The summed E-state index contributed by atoms with van der Waals surface area (Å²) >= 11 is 0. The maximum absolute atomic E-state index is 12.6. The Balaban J connectivity index is 1.53. The minimum Gasteiger partial charge on any atom is -0.493 e. The molecule has 2 aromatic carbocycles. The van der Waals surface area contributed by atoms with E-state index < -0.39 is 10.8 Å². The van der Waals surface area contributed by atoms with Crippen LogP contribution in [0.2, 0.25) is 0 Å². The number of hydrazone groups is 1. The summed E-state index contributed by atoms with van der Waals surface area (Å²) in [6.45, 7) is 10.0. The number of nitro benzene ring substituents is 1. The van der Waals surface area contributed by atoms with Crippen LogP contribution >= 0.6 is 0 Å². The largest absolute Gasteiger partial charge is 0.493 e. The molecular formula is C26H30N4O5. The SMILES string of the molecule is CCCN1c2ccc(/C=N\NC(=O)c3cc4cc([N+](=O)[O-])cc(OC)c4o3)cc2C(C)CC1(C)C. The lowest BCUT2D eigenvalue weighted by Gasteiger charge is -2.47. The molecule has 0 aliphatic carbocycles. The van der Waals surface area contributed by atoms with E-state index in [0.29, 0.717) is 11.3 Å². The van der Waals surface area contributed by atoms with Crippen molar-refractivity contribution < 1.29 is 18.9 Å². The van der Waals surface area contributed by atoms with E-state index >= 15 is 0 Å². The molecule has 0 bridgehead atoms. The highest BCUT2D eigenvalue weighted by atomic mass is 16.6. The van der Waals surface area contributed by atoms with Crippen molar-refractivity contribution >= 4 is 34.5 Å². The smallest absolute Gasteiger partial charge is 0.307 e. The second kappa shape index (κ2) is 9.40. The molecule has 0 saturated heterocycles. The number of nitro groups is 1. The monoisotopic (exact) mass is 478 g/mol. The minimum atomic E-state index is -0.565. The number of furan rings is 1. The number of anilines is 1. The summed E-state index contributed by atoms with van der Waals surface area (Å²) in [4.78, 5) is 25.7. The van der Waals surface area contributed by atoms with Crippen molar-refractivity contribution in [1.82, 2.24) is 5.43 Å². The molecule has 2 heterocycles. The maximum atomic E-state index is 12.6. The van der Waals surface area contributed by atoms with Crippen LogP contribution in [-0.4, -0.2) is 36.2 Å². The van der Waals surface area contributed by atoms with E-state index in [1.165, 1.54) is 36.6 Å². The zero-order valence-electron chi connectivity index (χ0n) is 20.6. The third-order valence-corrected chi connectivity index (χ3v) is 6.46. The lowest BCUT2D eigenvalue weighted by atomic mass is 9.79. The van der Waals surface area contributed by atoms with Gasteiger partial charge in [0.15, 0.2) is 17.1 Å². The predicted octanol–water partition coefficient (Wildman–Crippen LogP) is 5.62. The molecule has 9 heteroatoms. The van der Waals surface area contributed by atoms with Crippen LogP contribution in [0.3, 0.4) is 0 Å². The van der Waals surface area contributed by atoms with Crippen molar-refractivity contribution in [3.05, 3.63) is 63.4 Å². The summed E-state index contributed by atoms with van der Waals surface area (Å²) in [5.41, 5.74) is 6.09. The number of ether oxygens (including phenoxy) is 1. The number of carbonyl (C=O) groups is 1. The van der Waals surface area contributed by atoms with Gasteiger partial charge in [-0.1, -0.05) is 19.9 Å². The van der Waals surface area contributed by atoms with E-state index in [1.54, 1.807) is 6.21 Å². The highest BCUT2D eigenvalue weighted by molar-refractivity contribution is 5.98. The average molecular weight is 479 g/mol. The Bertz CT molecular complexity index is 1310. The summed E-state index contributed by atoms with van der Waals surface area (Å²) in [6.07, 6.45) is 3.74. The molecule has 4 rings (SSSR count). The predicted molar refractivity (Wildman–Crippen MR) is 136 cm³/mol. The van der Waals surface area contributed by atoms with Crippen LogP contribution in [0.25, 0.3) is 11.0 Å². The molecule has 35 heavy (non-hydrogen) atoms. The standard InChI is InChI=1S/C26H30N4O5/c1-6-9-29-21-8-7-17(10-20(21)16(2)14-26(29,3)4)15-27-28-25(31)23-12-18-11-19(30(32)33)13-22(34-5)24(18)35-23/h7-8,10-13,15-16H,6,9,14H2,1-5H3,(H,28,31)/b27-15-. The number of methoxy groups -OCH3 is 1. The number of benzene rings is 2. The van der Waals surface area contributed by atoms with Gasteiger partial charge in [0, 0.05) is 29.2 Å². The number of hydrogen-bond donors (Lipinski definition) is 1. The van der Waals surface area contributed by atoms with Gasteiger partial charge in [0.05, 0.1) is 24.3 Å². The number of nitrogens with one attached hydrogen (secondary N) is 1. The molecule has 184 valence electrons. The van der Waals surface area contributed by atoms with Crippen LogP contribution in [0, 0.1) is 10.1 Å². The fourth-order valence-electron chi connectivity index (χ4n) is 4.93. The summed E-state index contributed by atoms with van der Waals surface area (Å²) < 4.78 is 10.8. The van der Waals surface area contributed by atoms with Gasteiger partial charge in [0.25, 0.3) is 5.69 Å². The number of carbonyl (C=O) groups excluding carboxylic acids is 1. The van der Waals surface area contributed by atoms with Gasteiger partial charge in [-0.15, -0.1) is 0 Å². The average Bonchev–Trinajstić information content (AvgIpc) is 3.25. The molecule has 3 aromatic rings. The molecule has 0 radical (unpaired) electrons. The van der Waals surface area contributed by atoms with E-state index in [0.717, 1.165) is 24.9 Å². The van der Waals surface area contributed by atoms with Crippen LogP contribution in [0.1, 0.15) is 68.1 Å². The molecule has 0 spiro atoms. The number of amides is 1. The second-order valence-electron chi connectivity index (χ2n) is 9.52. The molecule has 0 saturated carbocycles. The van der Waals surface area contributed by atoms with E-state index in [4.69, 9.17) is 9.15 Å². The molecule has 1 amide bonds. The van der Waals surface area contributed by atoms with Gasteiger partial charge in [0.2, 0.25) is 0 Å². The molecule has 1 aliphatic rings. The van der Waals surface area contributed by atoms with Crippen LogP contribution in [0.4, 0.5) is 11.4 Å². The Kier molecular flexibility index (Phi) is 6.51. The Morgan fingerprint density at radius 2 is 2.11 bits per heavy atom. The van der Waals surface area contributed by atoms with Crippen molar-refractivity contribution in [2.75, 3.05) is 18.6 Å². The number of fused-ring (bicyclic) bond motifs is 2. The van der Waals surface area contributed by atoms with Crippen molar-refractivity contribution in [3.63, 3.8) is 0 Å². The van der Waals surface area contributed by atoms with E-state index in [1.807, 2.05) is 6.07 Å². The van der Waals surface area contributed by atoms with Gasteiger partial charge in [-0.3, -0.25) is 14.9 Å². The molecular weight excluding hydrogens is 448 g/mol. The quantitative estimate of drug-likeness (QED) is 0.268. The van der Waals surface area contributed by atoms with Crippen molar-refractivity contribution in [2.45, 2.75) is 52.0 Å². The Morgan fingerprint density at radius 3 is 2.80 bits per heavy atom. The van der Waals surface area contributed by atoms with Gasteiger partial charge in [-0.25, -0.2) is 5.43 Å². The summed E-state index contributed by atoms with van der Waals surface area (Å²) in [6, 6.07) is 10.3. The number of rotatable bonds is 7. The summed E-state index contributed by atoms with van der Waals surface area (Å²) in [7, 11) is 1.38. The third kappa shape index (κ3) is 4.71. The zero-order valence-corrected chi connectivity index (χ0v) is 20.6. The zero-order chi connectivity index (χ0) is 25.3. The maximum Gasteiger partial charge on any atom is 0.307 e. The normalized spacial score (nSPS) is 16.9. The van der Waals surface area contributed by atoms with Gasteiger partial charge in [0.1, 0.15) is 0 Å². The second-order valence-corrected chi connectivity index (χ2v) is 9.52. The van der Waals surface area contributed by atoms with Gasteiger partial charge in [-0.2, -0.15) is 5.10 Å². The topological polar surface area (TPSA) is 110 Å². The molecule has 1 aliphatic heterocycles. The summed E-state index contributed by atoms with van der Waals surface area (Å²) in [5, 5.41) is 15.6. The van der Waals surface area contributed by atoms with Crippen LogP contribution in [-0.2, 0) is 0 Å².